The monoisotopic (exact) mass is 330 g/mol. The van der Waals surface area contributed by atoms with Gasteiger partial charge in [-0.1, -0.05) is 30.2 Å². The summed E-state index contributed by atoms with van der Waals surface area (Å²) in [6, 6.07) is 7.83. The van der Waals surface area contributed by atoms with Crippen LogP contribution in [0.2, 0.25) is 5.02 Å². The molecule has 2 rings (SSSR count). The first-order valence-corrected chi connectivity index (χ1v) is 9.53. The zero-order valence-corrected chi connectivity index (χ0v) is 13.7. The summed E-state index contributed by atoms with van der Waals surface area (Å²) in [6.45, 7) is 1.44. The third-order valence-electron chi connectivity index (χ3n) is 3.80. The van der Waals surface area contributed by atoms with E-state index in [1.165, 1.54) is 12.8 Å². The van der Waals surface area contributed by atoms with Crippen molar-refractivity contribution < 1.29 is 8.42 Å². The van der Waals surface area contributed by atoms with Crippen molar-refractivity contribution >= 4 is 21.6 Å². The number of piperidine rings is 1. The van der Waals surface area contributed by atoms with Crippen LogP contribution in [0.15, 0.2) is 24.3 Å². The molecule has 0 radical (unpaired) electrons. The van der Waals surface area contributed by atoms with E-state index in [4.69, 9.17) is 11.6 Å². The van der Waals surface area contributed by atoms with Gasteiger partial charge in [0.25, 0.3) is 0 Å². The van der Waals surface area contributed by atoms with Crippen molar-refractivity contribution in [3.05, 3.63) is 34.9 Å². The van der Waals surface area contributed by atoms with Crippen LogP contribution in [-0.2, 0) is 16.4 Å². The molecule has 0 amide bonds. The summed E-state index contributed by atoms with van der Waals surface area (Å²) in [6.07, 6.45) is 4.85. The predicted octanol–water partition coefficient (Wildman–Crippen LogP) is 2.33. The molecular formula is C15H23ClN2O2S. The van der Waals surface area contributed by atoms with E-state index in [9.17, 15) is 8.42 Å². The van der Waals surface area contributed by atoms with Gasteiger partial charge in [-0.15, -0.1) is 0 Å². The van der Waals surface area contributed by atoms with E-state index in [2.05, 4.69) is 10.0 Å². The molecule has 2 N–H and O–H groups in total. The lowest BCUT2D eigenvalue weighted by molar-refractivity contribution is 0.392. The quantitative estimate of drug-likeness (QED) is 0.806. The Morgan fingerprint density at radius 3 is 2.67 bits per heavy atom. The highest BCUT2D eigenvalue weighted by Gasteiger charge is 2.16. The van der Waals surface area contributed by atoms with E-state index in [1.807, 2.05) is 24.3 Å². The minimum atomic E-state index is -3.18. The second-order valence-corrected chi connectivity index (χ2v) is 7.89. The first-order chi connectivity index (χ1) is 10.1. The lowest BCUT2D eigenvalue weighted by Crippen LogP contribution is -2.37. The van der Waals surface area contributed by atoms with Crippen molar-refractivity contribution in [3.8, 4) is 0 Å². The molecule has 4 nitrogen and oxygen atoms in total. The summed E-state index contributed by atoms with van der Waals surface area (Å²) < 4.78 is 26.6. The topological polar surface area (TPSA) is 58.2 Å². The van der Waals surface area contributed by atoms with Gasteiger partial charge in [0.1, 0.15) is 0 Å². The minimum Gasteiger partial charge on any atom is -0.314 e. The zero-order chi connectivity index (χ0) is 15.1. The molecule has 0 bridgehead atoms. The van der Waals surface area contributed by atoms with E-state index >= 15 is 0 Å². The summed E-state index contributed by atoms with van der Waals surface area (Å²) in [5, 5.41) is 4.07. The molecule has 1 aliphatic heterocycles. The molecule has 0 spiro atoms. The lowest BCUT2D eigenvalue weighted by Gasteiger charge is -2.23. The molecule has 118 valence electrons. The van der Waals surface area contributed by atoms with Crippen molar-refractivity contribution in [2.45, 2.75) is 38.1 Å². The summed E-state index contributed by atoms with van der Waals surface area (Å²) in [5.41, 5.74) is 1.08. The van der Waals surface area contributed by atoms with Crippen LogP contribution in [0, 0.1) is 0 Å². The number of nitrogens with one attached hydrogen (secondary N) is 2. The predicted molar refractivity (Wildman–Crippen MR) is 87.2 cm³/mol. The van der Waals surface area contributed by atoms with Gasteiger partial charge >= 0.3 is 0 Å². The molecule has 1 aromatic rings. The zero-order valence-electron chi connectivity index (χ0n) is 12.1. The molecule has 0 aromatic heterocycles. The van der Waals surface area contributed by atoms with Crippen molar-refractivity contribution in [1.82, 2.24) is 10.0 Å². The van der Waals surface area contributed by atoms with Crippen LogP contribution in [0.4, 0.5) is 0 Å². The minimum absolute atomic E-state index is 0.200. The Bertz CT molecular complexity index is 525. The Labute approximate surface area is 132 Å². The average Bonchev–Trinajstić information content (AvgIpc) is 2.48. The van der Waals surface area contributed by atoms with Crippen molar-refractivity contribution in [2.75, 3.05) is 18.8 Å². The van der Waals surface area contributed by atoms with E-state index in [-0.39, 0.29) is 5.75 Å². The largest absolute Gasteiger partial charge is 0.314 e. The first-order valence-electron chi connectivity index (χ1n) is 7.50. The van der Waals surface area contributed by atoms with Gasteiger partial charge in [-0.25, -0.2) is 13.1 Å². The van der Waals surface area contributed by atoms with Crippen LogP contribution >= 0.6 is 11.6 Å². The molecule has 1 aliphatic rings. The normalized spacial score (nSPS) is 19.6. The smallest absolute Gasteiger partial charge is 0.211 e. The summed E-state index contributed by atoms with van der Waals surface area (Å²) in [4.78, 5) is 0. The molecule has 0 saturated carbocycles. The molecule has 1 fully saturated rings. The van der Waals surface area contributed by atoms with Crippen LogP contribution < -0.4 is 10.0 Å². The number of rotatable bonds is 7. The van der Waals surface area contributed by atoms with Gasteiger partial charge in [0.05, 0.1) is 5.75 Å². The summed E-state index contributed by atoms with van der Waals surface area (Å²) >= 11 is 5.82. The van der Waals surface area contributed by atoms with Crippen molar-refractivity contribution in [1.29, 1.82) is 0 Å². The van der Waals surface area contributed by atoms with Crippen molar-refractivity contribution in [2.24, 2.45) is 0 Å². The highest BCUT2D eigenvalue weighted by atomic mass is 35.5. The Balaban J connectivity index is 1.69. The Hall–Kier alpha value is -0.620. The van der Waals surface area contributed by atoms with Crippen LogP contribution in [-0.4, -0.2) is 33.3 Å². The lowest BCUT2D eigenvalue weighted by atomic mass is 10.0. The SMILES string of the molecule is O=S(=O)(CCC1CCCCN1)NCCc1ccc(Cl)cc1. The van der Waals surface area contributed by atoms with Crippen LogP contribution in [0.25, 0.3) is 0 Å². The van der Waals surface area contributed by atoms with E-state index in [0.717, 1.165) is 18.5 Å². The van der Waals surface area contributed by atoms with Crippen LogP contribution in [0.5, 0.6) is 0 Å². The van der Waals surface area contributed by atoms with Gasteiger partial charge in [-0.05, 0) is 49.9 Å². The Morgan fingerprint density at radius 2 is 2.00 bits per heavy atom. The van der Waals surface area contributed by atoms with Gasteiger partial charge in [0, 0.05) is 17.6 Å². The van der Waals surface area contributed by atoms with E-state index in [1.54, 1.807) is 0 Å². The third kappa shape index (κ3) is 6.34. The number of sulfonamides is 1. The van der Waals surface area contributed by atoms with Crippen LogP contribution in [0.3, 0.4) is 0 Å². The average molecular weight is 331 g/mol. The van der Waals surface area contributed by atoms with Gasteiger partial charge < -0.3 is 5.32 Å². The number of benzene rings is 1. The fraction of sp³-hybridized carbons (Fsp3) is 0.600. The highest BCUT2D eigenvalue weighted by Crippen LogP contribution is 2.11. The first kappa shape index (κ1) is 16.7. The number of hydrogen-bond acceptors (Lipinski definition) is 3. The molecule has 1 aromatic carbocycles. The maximum absolute atomic E-state index is 12.0. The van der Waals surface area contributed by atoms with Gasteiger partial charge in [0.15, 0.2) is 0 Å². The maximum Gasteiger partial charge on any atom is 0.211 e. The number of halogens is 1. The fourth-order valence-corrected chi connectivity index (χ4v) is 3.82. The van der Waals surface area contributed by atoms with Gasteiger partial charge in [0.2, 0.25) is 10.0 Å². The molecule has 0 aliphatic carbocycles. The highest BCUT2D eigenvalue weighted by molar-refractivity contribution is 7.89. The van der Waals surface area contributed by atoms with Crippen LogP contribution in [0.1, 0.15) is 31.2 Å². The molecule has 21 heavy (non-hydrogen) atoms. The third-order valence-corrected chi connectivity index (χ3v) is 5.47. The standard InChI is InChI=1S/C15H23ClN2O2S/c16-14-6-4-13(5-7-14)8-11-18-21(19,20)12-9-15-3-1-2-10-17-15/h4-7,15,17-18H,1-3,8-12H2. The Kier molecular flexibility index (Phi) is 6.48. The van der Waals surface area contributed by atoms with E-state index < -0.39 is 10.0 Å². The van der Waals surface area contributed by atoms with E-state index in [0.29, 0.717) is 30.5 Å². The second kappa shape index (κ2) is 8.13. The summed E-state index contributed by atoms with van der Waals surface area (Å²) in [7, 11) is -3.18. The van der Waals surface area contributed by atoms with Gasteiger partial charge in [-0.2, -0.15) is 0 Å². The Morgan fingerprint density at radius 1 is 1.24 bits per heavy atom. The second-order valence-electron chi connectivity index (χ2n) is 5.53. The molecule has 6 heteroatoms. The molecule has 1 heterocycles. The summed E-state index contributed by atoms with van der Waals surface area (Å²) in [5.74, 6) is 0.200. The number of hydrogen-bond donors (Lipinski definition) is 2. The maximum atomic E-state index is 12.0. The molecular weight excluding hydrogens is 308 g/mol. The van der Waals surface area contributed by atoms with Gasteiger partial charge in [-0.3, -0.25) is 0 Å². The molecule has 1 atom stereocenters. The fourth-order valence-electron chi connectivity index (χ4n) is 2.54. The molecule has 1 saturated heterocycles. The van der Waals surface area contributed by atoms with Crippen molar-refractivity contribution in [3.63, 3.8) is 0 Å². The molecule has 1 unspecified atom stereocenters.